The Kier molecular flexibility index (Phi) is 3.71. The maximum Gasteiger partial charge on any atom is 0.109 e. The number of likely N-dealkylation sites (tertiary alicyclic amines) is 1. The SMILES string of the molecule is CC(C)C(O)N(C)C1CCN(C)C1. The minimum absolute atomic E-state index is 0.295. The van der Waals surface area contributed by atoms with Gasteiger partial charge in [0.1, 0.15) is 6.23 Å². The van der Waals surface area contributed by atoms with Crippen LogP contribution in [0.4, 0.5) is 0 Å². The van der Waals surface area contributed by atoms with Gasteiger partial charge in [-0.3, -0.25) is 4.90 Å². The fraction of sp³-hybridized carbons (Fsp3) is 1.00. The third-order valence-electron chi connectivity index (χ3n) is 2.96. The molecule has 1 N–H and O–H groups in total. The van der Waals surface area contributed by atoms with Crippen LogP contribution in [0.25, 0.3) is 0 Å². The van der Waals surface area contributed by atoms with E-state index in [-0.39, 0.29) is 6.23 Å². The molecule has 1 rings (SSSR count). The molecule has 0 radical (unpaired) electrons. The summed E-state index contributed by atoms with van der Waals surface area (Å²) >= 11 is 0. The molecule has 0 aromatic rings. The molecule has 1 aliphatic rings. The average Bonchev–Trinajstić information content (AvgIpc) is 2.49. The summed E-state index contributed by atoms with van der Waals surface area (Å²) in [5.74, 6) is 0.316. The highest BCUT2D eigenvalue weighted by molar-refractivity contribution is 4.81. The summed E-state index contributed by atoms with van der Waals surface area (Å²) in [6, 6.07) is 0.530. The van der Waals surface area contributed by atoms with Crippen LogP contribution in [0.1, 0.15) is 20.3 Å². The highest BCUT2D eigenvalue weighted by Gasteiger charge is 2.28. The zero-order valence-corrected chi connectivity index (χ0v) is 9.20. The van der Waals surface area contributed by atoms with E-state index in [1.807, 2.05) is 7.05 Å². The topological polar surface area (TPSA) is 26.7 Å². The number of likely N-dealkylation sites (N-methyl/N-ethyl adjacent to an activating group) is 2. The molecule has 2 unspecified atom stereocenters. The monoisotopic (exact) mass is 186 g/mol. The number of aliphatic hydroxyl groups is 1. The minimum atomic E-state index is -0.295. The number of aliphatic hydroxyl groups excluding tert-OH is 1. The van der Waals surface area contributed by atoms with Gasteiger partial charge in [0, 0.05) is 12.6 Å². The van der Waals surface area contributed by atoms with Crippen molar-refractivity contribution in [3.05, 3.63) is 0 Å². The highest BCUT2D eigenvalue weighted by Crippen LogP contribution is 2.17. The molecule has 2 atom stereocenters. The lowest BCUT2D eigenvalue weighted by Crippen LogP contribution is -2.44. The molecule has 0 saturated carbocycles. The Balaban J connectivity index is 2.43. The van der Waals surface area contributed by atoms with Crippen molar-refractivity contribution in [2.75, 3.05) is 27.2 Å². The fourth-order valence-corrected chi connectivity index (χ4v) is 1.93. The third kappa shape index (κ3) is 2.66. The van der Waals surface area contributed by atoms with Crippen molar-refractivity contribution in [2.24, 2.45) is 5.92 Å². The van der Waals surface area contributed by atoms with Crippen LogP contribution >= 0.6 is 0 Å². The zero-order valence-electron chi connectivity index (χ0n) is 9.20. The van der Waals surface area contributed by atoms with Gasteiger partial charge in [0.25, 0.3) is 0 Å². The standard InChI is InChI=1S/C10H22N2O/c1-8(2)10(13)12(4)9-5-6-11(3)7-9/h8-10,13H,5-7H2,1-4H3. The lowest BCUT2D eigenvalue weighted by Gasteiger charge is -2.31. The molecule has 1 heterocycles. The maximum atomic E-state index is 9.85. The quantitative estimate of drug-likeness (QED) is 0.654. The molecule has 0 amide bonds. The molecule has 78 valence electrons. The maximum absolute atomic E-state index is 9.85. The molecule has 1 fully saturated rings. The average molecular weight is 186 g/mol. The zero-order chi connectivity index (χ0) is 10.0. The van der Waals surface area contributed by atoms with E-state index in [2.05, 4.69) is 30.7 Å². The van der Waals surface area contributed by atoms with E-state index in [1.54, 1.807) is 0 Å². The first-order valence-corrected chi connectivity index (χ1v) is 5.11. The van der Waals surface area contributed by atoms with Crippen molar-refractivity contribution >= 4 is 0 Å². The summed E-state index contributed by atoms with van der Waals surface area (Å²) in [5, 5.41) is 9.85. The second-order valence-electron chi connectivity index (χ2n) is 4.53. The lowest BCUT2D eigenvalue weighted by atomic mass is 10.1. The molecule has 3 nitrogen and oxygen atoms in total. The lowest BCUT2D eigenvalue weighted by molar-refractivity contribution is -0.0352. The van der Waals surface area contributed by atoms with E-state index >= 15 is 0 Å². The number of hydrogen-bond acceptors (Lipinski definition) is 3. The Bertz CT molecular complexity index is 161. The molecule has 0 aliphatic carbocycles. The van der Waals surface area contributed by atoms with Crippen LogP contribution in [0.5, 0.6) is 0 Å². The summed E-state index contributed by atoms with van der Waals surface area (Å²) in [6.45, 7) is 6.35. The van der Waals surface area contributed by atoms with Crippen molar-refractivity contribution in [3.63, 3.8) is 0 Å². The molecule has 13 heavy (non-hydrogen) atoms. The van der Waals surface area contributed by atoms with E-state index in [1.165, 1.54) is 6.42 Å². The van der Waals surface area contributed by atoms with Gasteiger partial charge in [-0.1, -0.05) is 13.8 Å². The molecular weight excluding hydrogens is 164 g/mol. The number of hydrogen-bond donors (Lipinski definition) is 1. The van der Waals surface area contributed by atoms with E-state index in [0.717, 1.165) is 13.1 Å². The predicted octanol–water partition coefficient (Wildman–Crippen LogP) is 0.597. The third-order valence-corrected chi connectivity index (χ3v) is 2.96. The van der Waals surface area contributed by atoms with Gasteiger partial charge < -0.3 is 10.0 Å². The van der Waals surface area contributed by atoms with Gasteiger partial charge in [-0.05, 0) is 33.0 Å². The van der Waals surface area contributed by atoms with E-state index < -0.39 is 0 Å². The van der Waals surface area contributed by atoms with E-state index in [0.29, 0.717) is 12.0 Å². The molecule has 0 bridgehead atoms. The minimum Gasteiger partial charge on any atom is -0.378 e. The van der Waals surface area contributed by atoms with Crippen LogP contribution in [0, 0.1) is 5.92 Å². The molecule has 1 saturated heterocycles. The van der Waals surface area contributed by atoms with Gasteiger partial charge in [-0.25, -0.2) is 0 Å². The molecule has 0 aromatic carbocycles. The van der Waals surface area contributed by atoms with Crippen LogP contribution in [-0.2, 0) is 0 Å². The van der Waals surface area contributed by atoms with Crippen LogP contribution in [0.2, 0.25) is 0 Å². The number of rotatable bonds is 3. The van der Waals surface area contributed by atoms with Crippen LogP contribution in [0.15, 0.2) is 0 Å². The first kappa shape index (κ1) is 11.0. The van der Waals surface area contributed by atoms with E-state index in [4.69, 9.17) is 0 Å². The molecule has 3 heteroatoms. The van der Waals surface area contributed by atoms with E-state index in [9.17, 15) is 5.11 Å². The van der Waals surface area contributed by atoms with Crippen molar-refractivity contribution in [2.45, 2.75) is 32.5 Å². The van der Waals surface area contributed by atoms with Gasteiger partial charge in [-0.2, -0.15) is 0 Å². The van der Waals surface area contributed by atoms with Crippen LogP contribution in [0.3, 0.4) is 0 Å². The fourth-order valence-electron chi connectivity index (χ4n) is 1.93. The Labute approximate surface area is 81.3 Å². The first-order chi connectivity index (χ1) is 6.02. The molecule has 1 aliphatic heterocycles. The second-order valence-corrected chi connectivity index (χ2v) is 4.53. The van der Waals surface area contributed by atoms with Gasteiger partial charge in [0.2, 0.25) is 0 Å². The summed E-state index contributed by atoms with van der Waals surface area (Å²) in [7, 11) is 4.16. The Morgan fingerprint density at radius 1 is 1.46 bits per heavy atom. The Morgan fingerprint density at radius 3 is 2.46 bits per heavy atom. The molecule has 0 spiro atoms. The highest BCUT2D eigenvalue weighted by atomic mass is 16.3. The molecule has 0 aromatic heterocycles. The van der Waals surface area contributed by atoms with Crippen LogP contribution in [-0.4, -0.2) is 54.4 Å². The van der Waals surface area contributed by atoms with Crippen LogP contribution < -0.4 is 0 Å². The Hall–Kier alpha value is -0.120. The smallest absolute Gasteiger partial charge is 0.109 e. The van der Waals surface area contributed by atoms with Gasteiger partial charge in [0.15, 0.2) is 0 Å². The second kappa shape index (κ2) is 4.40. The van der Waals surface area contributed by atoms with Crippen molar-refractivity contribution in [1.82, 2.24) is 9.80 Å². The molecular formula is C10H22N2O. The summed E-state index contributed by atoms with van der Waals surface area (Å²) in [4.78, 5) is 4.42. The Morgan fingerprint density at radius 2 is 2.08 bits per heavy atom. The first-order valence-electron chi connectivity index (χ1n) is 5.11. The van der Waals surface area contributed by atoms with Crippen molar-refractivity contribution < 1.29 is 5.11 Å². The summed E-state index contributed by atoms with van der Waals surface area (Å²) in [5.41, 5.74) is 0. The largest absolute Gasteiger partial charge is 0.378 e. The van der Waals surface area contributed by atoms with Gasteiger partial charge in [0.05, 0.1) is 0 Å². The van der Waals surface area contributed by atoms with Gasteiger partial charge in [-0.15, -0.1) is 0 Å². The van der Waals surface area contributed by atoms with Gasteiger partial charge >= 0.3 is 0 Å². The predicted molar refractivity (Wildman–Crippen MR) is 54.5 cm³/mol. The van der Waals surface area contributed by atoms with Crippen molar-refractivity contribution in [1.29, 1.82) is 0 Å². The summed E-state index contributed by atoms with van der Waals surface area (Å²) in [6.07, 6.45) is 0.882. The summed E-state index contributed by atoms with van der Waals surface area (Å²) < 4.78 is 0. The van der Waals surface area contributed by atoms with Crippen molar-refractivity contribution in [3.8, 4) is 0 Å². The number of nitrogens with zero attached hydrogens (tertiary/aromatic N) is 2. The normalized spacial score (nSPS) is 27.5.